The van der Waals surface area contributed by atoms with E-state index in [0.717, 1.165) is 0 Å². The number of rotatable bonds is 5. The van der Waals surface area contributed by atoms with Gasteiger partial charge < -0.3 is 39.6 Å². The minimum Gasteiger partial charge on any atom is -0.437 e. The Bertz CT molecular complexity index is 1510. The molecule has 2 aromatic rings. The highest BCUT2D eigenvalue weighted by molar-refractivity contribution is 5.14. The van der Waals surface area contributed by atoms with Gasteiger partial charge in [0.1, 0.15) is 30.5 Å². The van der Waals surface area contributed by atoms with E-state index in [9.17, 15) is 42.6 Å². The molecule has 15 nitrogen and oxygen atoms in total. The molecular formula is C22H25F3N4O11. The largest absolute Gasteiger partial charge is 0.437 e. The smallest absolute Gasteiger partial charge is 0.365 e. The Morgan fingerprint density at radius 2 is 1.73 bits per heavy atom. The normalized spacial score (nSPS) is 30.6. The molecule has 0 aliphatic carbocycles. The number of hydrogen-bond acceptors (Lipinski definition) is 11. The van der Waals surface area contributed by atoms with Crippen LogP contribution in [0, 0.1) is 19.0 Å². The number of nitrogens with zero attached hydrogens (tertiary/aromatic N) is 1. The molecule has 0 aromatic carbocycles. The quantitative estimate of drug-likeness (QED) is 0.177. The molecule has 2 saturated heterocycles. The number of H-pyrrole nitrogens is 3. The van der Waals surface area contributed by atoms with Gasteiger partial charge in [-0.15, -0.1) is 0 Å². The van der Waals surface area contributed by atoms with E-state index in [1.54, 1.807) is 11.9 Å². The van der Waals surface area contributed by atoms with E-state index in [0.29, 0.717) is 6.20 Å². The number of aliphatic hydroxyl groups excluding tert-OH is 4. The number of aromatic amines is 3. The summed E-state index contributed by atoms with van der Waals surface area (Å²) in [6.07, 6.45) is -4.38. The molecule has 2 aliphatic rings. The maximum absolute atomic E-state index is 14.5. The lowest BCUT2D eigenvalue weighted by molar-refractivity contribution is -0.297. The highest BCUT2D eigenvalue weighted by Crippen LogP contribution is 2.48. The molecular weight excluding hydrogens is 553 g/mol. The molecule has 7 N–H and O–H groups in total. The summed E-state index contributed by atoms with van der Waals surface area (Å²) in [5.41, 5.74) is -3.75. The van der Waals surface area contributed by atoms with Crippen molar-refractivity contribution in [3.63, 3.8) is 0 Å². The molecule has 4 rings (SSSR count). The molecule has 2 aromatic heterocycles. The van der Waals surface area contributed by atoms with Crippen LogP contribution in [0.3, 0.4) is 0 Å². The fourth-order valence-corrected chi connectivity index (χ4v) is 3.92. The average Bonchev–Trinajstić information content (AvgIpc) is 3.30. The zero-order valence-corrected chi connectivity index (χ0v) is 20.8. The van der Waals surface area contributed by atoms with Gasteiger partial charge >= 0.3 is 23.3 Å². The highest BCUT2D eigenvalue weighted by atomic mass is 19.3. The summed E-state index contributed by atoms with van der Waals surface area (Å²) >= 11 is 0. The van der Waals surface area contributed by atoms with E-state index >= 15 is 0 Å². The van der Waals surface area contributed by atoms with Gasteiger partial charge in [-0.05, 0) is 6.92 Å². The van der Waals surface area contributed by atoms with Crippen LogP contribution in [-0.2, 0) is 20.2 Å². The van der Waals surface area contributed by atoms with Gasteiger partial charge in [0, 0.05) is 24.9 Å². The molecule has 40 heavy (non-hydrogen) atoms. The fourth-order valence-electron chi connectivity index (χ4n) is 3.92. The van der Waals surface area contributed by atoms with Crippen LogP contribution in [0.1, 0.15) is 24.2 Å². The van der Waals surface area contributed by atoms with E-state index in [1.807, 2.05) is 0 Å². The Hall–Kier alpha value is -3.73. The van der Waals surface area contributed by atoms with E-state index in [4.69, 9.17) is 19.7 Å². The van der Waals surface area contributed by atoms with Gasteiger partial charge in [-0.3, -0.25) is 19.6 Å². The molecule has 2 aliphatic heterocycles. The Kier molecular flexibility index (Phi) is 9.08. The van der Waals surface area contributed by atoms with Crippen molar-refractivity contribution in [3.8, 4) is 12.0 Å². The monoisotopic (exact) mass is 578 g/mol. The number of aryl methyl sites for hydroxylation is 1. The Morgan fingerprint density at radius 1 is 1.07 bits per heavy atom. The van der Waals surface area contributed by atoms with Crippen LogP contribution in [0.4, 0.5) is 13.2 Å². The van der Waals surface area contributed by atoms with Crippen LogP contribution in [0.25, 0.3) is 0 Å². The molecule has 0 spiro atoms. The zero-order chi connectivity index (χ0) is 30.0. The van der Waals surface area contributed by atoms with Gasteiger partial charge in [-0.2, -0.15) is 13.2 Å². The minimum absolute atomic E-state index is 0.0857. The Balaban J connectivity index is 0.000000220. The van der Waals surface area contributed by atoms with Gasteiger partial charge in [-0.1, -0.05) is 5.92 Å². The van der Waals surface area contributed by atoms with Gasteiger partial charge in [0.2, 0.25) is 0 Å². The van der Waals surface area contributed by atoms with Crippen molar-refractivity contribution >= 4 is 0 Å². The van der Waals surface area contributed by atoms with E-state index in [2.05, 4.69) is 26.7 Å². The van der Waals surface area contributed by atoms with E-state index in [-0.39, 0.29) is 15.7 Å². The van der Waals surface area contributed by atoms with Gasteiger partial charge in [0.15, 0.2) is 12.2 Å². The number of nitrogens with one attached hydrogen (secondary N) is 3. The number of aromatic nitrogens is 4. The zero-order valence-electron chi connectivity index (χ0n) is 20.8. The number of hydrogen-bond donors (Lipinski definition) is 7. The molecule has 7 atom stereocenters. The summed E-state index contributed by atoms with van der Waals surface area (Å²) in [5, 5.41) is 37.2. The first-order valence-electron chi connectivity index (χ1n) is 11.4. The highest BCUT2D eigenvalue weighted by Gasteiger charge is 2.71. The number of ether oxygens (including phenoxy) is 3. The van der Waals surface area contributed by atoms with Crippen LogP contribution in [0.15, 0.2) is 31.6 Å². The molecule has 0 bridgehead atoms. The van der Waals surface area contributed by atoms with Crippen LogP contribution in [0.5, 0.6) is 0 Å². The molecule has 0 amide bonds. The predicted molar refractivity (Wildman–Crippen MR) is 125 cm³/mol. The summed E-state index contributed by atoms with van der Waals surface area (Å²) in [5.74, 6) is -6.00. The second kappa shape index (κ2) is 11.8. The minimum atomic E-state index is -4.49. The Morgan fingerprint density at radius 3 is 2.27 bits per heavy atom. The van der Waals surface area contributed by atoms with Crippen molar-refractivity contribution in [1.29, 1.82) is 0 Å². The summed E-state index contributed by atoms with van der Waals surface area (Å²) in [7, 11) is 0. The third kappa shape index (κ3) is 5.47. The van der Waals surface area contributed by atoms with Gasteiger partial charge in [0.05, 0.1) is 18.8 Å². The van der Waals surface area contributed by atoms with Gasteiger partial charge in [-0.25, -0.2) is 14.2 Å². The second-order valence-corrected chi connectivity index (χ2v) is 8.64. The van der Waals surface area contributed by atoms with Crippen molar-refractivity contribution in [1.82, 2.24) is 19.5 Å². The molecule has 0 radical (unpaired) electrons. The van der Waals surface area contributed by atoms with Crippen LogP contribution < -0.4 is 22.5 Å². The maximum Gasteiger partial charge on any atom is 0.365 e. The topological polar surface area (TPSA) is 229 Å². The first-order chi connectivity index (χ1) is 18.7. The summed E-state index contributed by atoms with van der Waals surface area (Å²) in [6, 6.07) is 0. The summed E-state index contributed by atoms with van der Waals surface area (Å²) in [4.78, 5) is 51.4. The lowest BCUT2D eigenvalue weighted by Crippen LogP contribution is -2.53. The van der Waals surface area contributed by atoms with Gasteiger partial charge in [0.25, 0.3) is 11.1 Å². The van der Waals surface area contributed by atoms with Crippen LogP contribution >= 0.6 is 0 Å². The molecule has 220 valence electrons. The van der Waals surface area contributed by atoms with Crippen molar-refractivity contribution < 1.29 is 47.8 Å². The summed E-state index contributed by atoms with van der Waals surface area (Å²) in [6.45, 7) is 1.22. The fraction of sp³-hybridized carbons (Fsp3) is 0.545. The molecule has 2 fully saturated rings. The van der Waals surface area contributed by atoms with Crippen molar-refractivity contribution in [2.24, 2.45) is 0 Å². The third-order valence-corrected chi connectivity index (χ3v) is 6.02. The molecule has 1 unspecified atom stereocenters. The number of aliphatic hydroxyl groups is 4. The summed E-state index contributed by atoms with van der Waals surface area (Å²) < 4.78 is 56.8. The number of alkyl halides is 3. The SMILES string of the molecule is CC#CO[C@H]1C(c2c[nH]c(=O)[nH]c2=O)O[C@@H](CO)[C@@H]1O.Cc1cn([C@]2(F)O[C@H](CO)[C@@H](O)C2(F)F)c(=O)[nH]c1=O. The van der Waals surface area contributed by atoms with Crippen LogP contribution in [-0.4, -0.2) is 89.6 Å². The van der Waals surface area contributed by atoms with E-state index < -0.39 is 84.2 Å². The Labute approximate surface area is 220 Å². The lowest BCUT2D eigenvalue weighted by atomic mass is 10.0. The lowest BCUT2D eigenvalue weighted by Gasteiger charge is -2.27. The van der Waals surface area contributed by atoms with Crippen molar-refractivity contribution in [2.75, 3.05) is 13.2 Å². The van der Waals surface area contributed by atoms with Crippen molar-refractivity contribution in [2.45, 2.75) is 62.4 Å². The standard InChI is InChI=1S/C12H14N2O6.C10H11F3N2O5/c1-2-3-19-10-8(16)7(5-15)20-9(10)6-4-13-12(18)14-11(6)17;1-4-2-15(8(19)14-7(4)18)10(13)9(11,12)6(17)5(3-16)20-10/h4,7-10,15-16H,5H2,1H3,(H2,13,14,17,18);2,5-6,16-17H,3H2,1H3,(H,14,18,19)/t7-,8-,9?,10+;5-,6-,10+/m01/s1. The van der Waals surface area contributed by atoms with Crippen molar-refractivity contribution in [3.05, 3.63) is 65.2 Å². The number of halogens is 3. The first kappa shape index (κ1) is 30.8. The third-order valence-electron chi connectivity index (χ3n) is 6.02. The average molecular weight is 578 g/mol. The molecule has 0 saturated carbocycles. The second-order valence-electron chi connectivity index (χ2n) is 8.64. The van der Waals surface area contributed by atoms with E-state index in [1.165, 1.54) is 13.1 Å². The first-order valence-corrected chi connectivity index (χ1v) is 11.4. The maximum atomic E-state index is 14.5. The molecule has 4 heterocycles. The predicted octanol–water partition coefficient (Wildman–Crippen LogP) is -2.97. The molecule has 18 heteroatoms. The van der Waals surface area contributed by atoms with Crippen LogP contribution in [0.2, 0.25) is 0 Å².